The lowest BCUT2D eigenvalue weighted by molar-refractivity contribution is -0.145. The Hall–Kier alpha value is -3.94. The summed E-state index contributed by atoms with van der Waals surface area (Å²) in [6, 6.07) is 34.3. The predicted octanol–water partition coefficient (Wildman–Crippen LogP) is 5.46. The summed E-state index contributed by atoms with van der Waals surface area (Å²) in [6.45, 7) is 1.32. The maximum absolute atomic E-state index is 12.8. The molecule has 0 fully saturated rings. The summed E-state index contributed by atoms with van der Waals surface area (Å²) < 4.78 is 36.3. The molecular formula is C30H29NO5S. The Labute approximate surface area is 218 Å². The molecule has 4 aromatic rings. The summed E-state index contributed by atoms with van der Waals surface area (Å²) in [7, 11) is -3.98. The molecule has 0 amide bonds. The molecule has 0 spiro atoms. The summed E-state index contributed by atoms with van der Waals surface area (Å²) in [5.74, 6) is -0.402. The summed E-state index contributed by atoms with van der Waals surface area (Å²) >= 11 is 0. The third kappa shape index (κ3) is 8.03. The van der Waals surface area contributed by atoms with Crippen LogP contribution in [0.15, 0.2) is 120 Å². The molecule has 0 aromatic heterocycles. The van der Waals surface area contributed by atoms with Gasteiger partial charge in [0.15, 0.2) is 0 Å². The normalized spacial score (nSPS) is 12.0. The molecule has 1 unspecified atom stereocenters. The first-order chi connectivity index (χ1) is 18.0. The summed E-state index contributed by atoms with van der Waals surface area (Å²) in [6.07, 6.45) is 0.128. The van der Waals surface area contributed by atoms with Crippen LogP contribution in [0.25, 0.3) is 0 Å². The van der Waals surface area contributed by atoms with Gasteiger partial charge in [0.25, 0.3) is 0 Å². The fourth-order valence-corrected chi connectivity index (χ4v) is 4.82. The summed E-state index contributed by atoms with van der Waals surface area (Å²) in [4.78, 5) is 12.8. The molecule has 0 saturated carbocycles. The zero-order valence-corrected chi connectivity index (χ0v) is 21.1. The van der Waals surface area contributed by atoms with Crippen LogP contribution >= 0.6 is 0 Å². The van der Waals surface area contributed by atoms with E-state index in [1.54, 1.807) is 36.4 Å². The monoisotopic (exact) mass is 515 g/mol. The maximum atomic E-state index is 12.8. The van der Waals surface area contributed by atoms with Crippen molar-refractivity contribution in [1.82, 2.24) is 5.32 Å². The average Bonchev–Trinajstić information content (AvgIpc) is 2.93. The number of hydrogen-bond acceptors (Lipinski definition) is 6. The second-order valence-corrected chi connectivity index (χ2v) is 10.1. The van der Waals surface area contributed by atoms with Gasteiger partial charge in [-0.05, 0) is 41.0 Å². The molecule has 37 heavy (non-hydrogen) atoms. The molecule has 0 aliphatic carbocycles. The molecule has 0 aliphatic rings. The number of nitrogens with one attached hydrogen (secondary N) is 1. The number of esters is 1. The van der Waals surface area contributed by atoms with Crippen LogP contribution in [0, 0.1) is 0 Å². The Morgan fingerprint density at radius 2 is 1.38 bits per heavy atom. The highest BCUT2D eigenvalue weighted by molar-refractivity contribution is 7.87. The molecule has 6 nitrogen and oxygen atoms in total. The van der Waals surface area contributed by atoms with E-state index in [2.05, 4.69) is 5.32 Å². The fourth-order valence-electron chi connectivity index (χ4n) is 3.87. The van der Waals surface area contributed by atoms with E-state index < -0.39 is 10.1 Å². The third-order valence-electron chi connectivity index (χ3n) is 5.79. The number of hydrogen-bond donors (Lipinski definition) is 1. The molecule has 4 rings (SSSR count). The van der Waals surface area contributed by atoms with Crippen LogP contribution in [0.4, 0.5) is 0 Å². The lowest BCUT2D eigenvalue weighted by Gasteiger charge is -2.19. The molecule has 1 atom stereocenters. The van der Waals surface area contributed by atoms with Crippen LogP contribution in [0.3, 0.4) is 0 Å². The SMILES string of the molecule is O=C(CC(CNCc1ccccc1)c1cccc(OS(=O)(=O)c2ccccc2)c1)OCc1ccccc1. The zero-order valence-electron chi connectivity index (χ0n) is 20.3. The number of rotatable bonds is 12. The van der Waals surface area contributed by atoms with Gasteiger partial charge in [-0.15, -0.1) is 0 Å². The van der Waals surface area contributed by atoms with Gasteiger partial charge in [0, 0.05) is 19.0 Å². The second-order valence-electron chi connectivity index (χ2n) is 8.59. The van der Waals surface area contributed by atoms with Crippen molar-refractivity contribution >= 4 is 16.1 Å². The van der Waals surface area contributed by atoms with E-state index >= 15 is 0 Å². The first-order valence-electron chi connectivity index (χ1n) is 12.0. The highest BCUT2D eigenvalue weighted by Gasteiger charge is 2.20. The Bertz CT molecular complexity index is 1380. The Balaban J connectivity index is 1.47. The number of carbonyl (C=O) groups excluding carboxylic acids is 1. The van der Waals surface area contributed by atoms with Gasteiger partial charge in [-0.2, -0.15) is 8.42 Å². The first-order valence-corrected chi connectivity index (χ1v) is 13.4. The van der Waals surface area contributed by atoms with Crippen LogP contribution in [0.1, 0.15) is 29.0 Å². The van der Waals surface area contributed by atoms with Gasteiger partial charge in [0.1, 0.15) is 17.3 Å². The zero-order chi connectivity index (χ0) is 25.9. The van der Waals surface area contributed by atoms with E-state index in [0.717, 1.165) is 16.7 Å². The Kier molecular flexibility index (Phi) is 9.08. The van der Waals surface area contributed by atoms with Crippen molar-refractivity contribution in [2.75, 3.05) is 6.54 Å². The minimum Gasteiger partial charge on any atom is -0.461 e. The van der Waals surface area contributed by atoms with E-state index in [4.69, 9.17) is 8.92 Å². The van der Waals surface area contributed by atoms with Crippen LogP contribution in [-0.2, 0) is 32.8 Å². The van der Waals surface area contributed by atoms with Gasteiger partial charge in [-0.25, -0.2) is 0 Å². The minimum absolute atomic E-state index is 0.0750. The number of ether oxygens (including phenoxy) is 1. The van der Waals surface area contributed by atoms with E-state index in [-0.39, 0.29) is 35.6 Å². The second kappa shape index (κ2) is 12.9. The van der Waals surface area contributed by atoms with Crippen molar-refractivity contribution in [1.29, 1.82) is 0 Å². The van der Waals surface area contributed by atoms with Crippen LogP contribution < -0.4 is 9.50 Å². The minimum atomic E-state index is -3.98. The summed E-state index contributed by atoms with van der Waals surface area (Å²) in [5.41, 5.74) is 2.81. The quantitative estimate of drug-likeness (QED) is 0.199. The van der Waals surface area contributed by atoms with E-state index in [9.17, 15) is 13.2 Å². The summed E-state index contributed by atoms with van der Waals surface area (Å²) in [5, 5.41) is 3.41. The lowest BCUT2D eigenvalue weighted by Crippen LogP contribution is -2.24. The van der Waals surface area contributed by atoms with Crippen molar-refractivity contribution in [2.24, 2.45) is 0 Å². The standard InChI is InChI=1S/C30H29NO5S/c32-30(35-23-25-13-6-2-7-14-25)20-27(22-31-21-24-11-4-1-5-12-24)26-15-10-16-28(19-26)36-37(33,34)29-17-8-3-9-18-29/h1-19,27,31H,20-23H2. The van der Waals surface area contributed by atoms with Crippen molar-refractivity contribution in [3.05, 3.63) is 132 Å². The molecule has 1 N–H and O–H groups in total. The van der Waals surface area contributed by atoms with Crippen LogP contribution in [-0.4, -0.2) is 20.9 Å². The average molecular weight is 516 g/mol. The van der Waals surface area contributed by atoms with Gasteiger partial charge in [0.2, 0.25) is 0 Å². The molecular weight excluding hydrogens is 486 g/mol. The van der Waals surface area contributed by atoms with Crippen molar-refractivity contribution in [3.8, 4) is 5.75 Å². The van der Waals surface area contributed by atoms with E-state index in [1.165, 1.54) is 12.1 Å². The molecule has 0 heterocycles. The Morgan fingerprint density at radius 1 is 0.757 bits per heavy atom. The number of carbonyl (C=O) groups is 1. The third-order valence-corrected chi connectivity index (χ3v) is 7.05. The maximum Gasteiger partial charge on any atom is 0.339 e. The molecule has 0 saturated heterocycles. The largest absolute Gasteiger partial charge is 0.461 e. The smallest absolute Gasteiger partial charge is 0.339 e. The topological polar surface area (TPSA) is 81.7 Å². The van der Waals surface area contributed by atoms with Crippen molar-refractivity contribution < 1.29 is 22.1 Å². The molecule has 0 bridgehead atoms. The van der Waals surface area contributed by atoms with Gasteiger partial charge in [0.05, 0.1) is 6.42 Å². The van der Waals surface area contributed by atoms with Crippen molar-refractivity contribution in [2.45, 2.75) is 30.4 Å². The van der Waals surface area contributed by atoms with Gasteiger partial charge in [-0.1, -0.05) is 91.0 Å². The van der Waals surface area contributed by atoms with Gasteiger partial charge in [-0.3, -0.25) is 4.79 Å². The van der Waals surface area contributed by atoms with Crippen LogP contribution in [0.5, 0.6) is 5.75 Å². The van der Waals surface area contributed by atoms with Crippen LogP contribution in [0.2, 0.25) is 0 Å². The molecule has 0 radical (unpaired) electrons. The fraction of sp³-hybridized carbons (Fsp3) is 0.167. The van der Waals surface area contributed by atoms with E-state index in [0.29, 0.717) is 13.1 Å². The number of benzene rings is 4. The highest BCUT2D eigenvalue weighted by Crippen LogP contribution is 2.26. The first kappa shape index (κ1) is 26.1. The molecule has 190 valence electrons. The predicted molar refractivity (Wildman–Crippen MR) is 142 cm³/mol. The Morgan fingerprint density at radius 3 is 2.05 bits per heavy atom. The molecule has 0 aliphatic heterocycles. The van der Waals surface area contributed by atoms with Crippen molar-refractivity contribution in [3.63, 3.8) is 0 Å². The highest BCUT2D eigenvalue weighted by atomic mass is 32.2. The van der Waals surface area contributed by atoms with Gasteiger partial charge >= 0.3 is 16.1 Å². The lowest BCUT2D eigenvalue weighted by atomic mass is 9.95. The molecule has 7 heteroatoms. The molecule has 4 aromatic carbocycles. The van der Waals surface area contributed by atoms with E-state index in [1.807, 2.05) is 66.7 Å². The van der Waals surface area contributed by atoms with Gasteiger partial charge < -0.3 is 14.2 Å².